The SMILES string of the molecule is Cc1ccc2c(n1)sc1c(-c3nc4ccccc4n3-c3c(-c4ccccc4)cc(C(C)(C)C)cc3-c3ccccc3)[c-]ccc12.[2H]C(C)(C)c1cc(-c2[c-]cccc2)nc[c]1[Ge]([CH3])([CH3])[CH3].[Ir]. The van der Waals surface area contributed by atoms with Gasteiger partial charge in [-0.25, -0.2) is 4.98 Å². The number of pyridine rings is 2. The first-order valence-electron chi connectivity index (χ1n) is 22.5. The van der Waals surface area contributed by atoms with Crippen LogP contribution in [0.5, 0.6) is 0 Å². The normalized spacial score (nSPS) is 12.2. The number of thiophene rings is 1. The third kappa shape index (κ3) is 9.33. The zero-order valence-corrected chi connectivity index (χ0v) is 43.9. The summed E-state index contributed by atoms with van der Waals surface area (Å²) >= 11 is -0.303. The standard InChI is InChI=1S/C41H32N3S.C17H22GeN.Ir/c1-26-22-23-31-30-18-13-19-32(38(30)45-40(31)42-26)39-43-35-20-11-12-21-36(35)44(39)37-33(27-14-7-5-8-15-27)24-29(41(2,3)4)25-34(37)28-16-9-6-10-17-28;1-13(2)15-11-17(14-9-7-6-8-10-14)19-12-16(15)18(3,4)5;/h5-18,20-25H,1-4H3;6-9,11-13H,1-5H3;/q2*-1;/i;13D;. The van der Waals surface area contributed by atoms with E-state index in [1.807, 2.05) is 57.3 Å². The number of aryl methyl sites for hydroxylation is 1. The fourth-order valence-electron chi connectivity index (χ4n) is 8.45. The van der Waals surface area contributed by atoms with Crippen LogP contribution in [0.25, 0.3) is 81.9 Å². The molecule has 0 aliphatic rings. The maximum Gasteiger partial charge on any atom is 0 e. The van der Waals surface area contributed by atoms with Crippen LogP contribution in [-0.4, -0.2) is 32.8 Å². The molecule has 65 heavy (non-hydrogen) atoms. The minimum absolute atomic E-state index is 0. The van der Waals surface area contributed by atoms with Gasteiger partial charge < -0.3 is 4.57 Å². The van der Waals surface area contributed by atoms with Crippen molar-refractivity contribution in [2.45, 2.75) is 70.1 Å². The summed E-state index contributed by atoms with van der Waals surface area (Å²) in [6, 6.07) is 60.0. The molecule has 0 saturated carbocycles. The van der Waals surface area contributed by atoms with Crippen LogP contribution < -0.4 is 4.40 Å². The van der Waals surface area contributed by atoms with Gasteiger partial charge in [0.05, 0.1) is 22.5 Å². The molecule has 7 heteroatoms. The molecule has 0 aliphatic heterocycles. The van der Waals surface area contributed by atoms with Gasteiger partial charge in [-0.1, -0.05) is 111 Å². The van der Waals surface area contributed by atoms with Gasteiger partial charge in [0, 0.05) is 36.9 Å². The van der Waals surface area contributed by atoms with E-state index in [0.29, 0.717) is 0 Å². The van der Waals surface area contributed by atoms with Crippen molar-refractivity contribution < 1.29 is 21.5 Å². The van der Waals surface area contributed by atoms with Gasteiger partial charge in [0.25, 0.3) is 0 Å². The Hall–Kier alpha value is -5.50. The van der Waals surface area contributed by atoms with Crippen molar-refractivity contribution in [3.8, 4) is 50.6 Å². The predicted octanol–water partition coefficient (Wildman–Crippen LogP) is 15.4. The molecular formula is C58H54GeIrN4S-2. The number of imidazole rings is 1. The number of aromatic nitrogens is 4. The molecule has 0 fully saturated rings. The van der Waals surface area contributed by atoms with Crippen LogP contribution in [0.3, 0.4) is 0 Å². The molecule has 0 bridgehead atoms. The Morgan fingerprint density at radius 1 is 0.708 bits per heavy atom. The van der Waals surface area contributed by atoms with E-state index in [-0.39, 0.29) is 25.5 Å². The molecule has 4 nitrogen and oxygen atoms in total. The van der Waals surface area contributed by atoms with E-state index >= 15 is 0 Å². The third-order valence-corrected chi connectivity index (χ3v) is 17.2. The second-order valence-corrected chi connectivity index (χ2v) is 30.4. The van der Waals surface area contributed by atoms with Gasteiger partial charge in [-0.15, -0.1) is 18.2 Å². The average molecular weight is 1100 g/mol. The first-order chi connectivity index (χ1) is 31.1. The summed E-state index contributed by atoms with van der Waals surface area (Å²) in [4.78, 5) is 15.9. The molecule has 0 amide bonds. The molecule has 6 aromatic carbocycles. The number of fused-ring (bicyclic) bond motifs is 4. The van der Waals surface area contributed by atoms with E-state index < -0.39 is 19.2 Å². The Morgan fingerprint density at radius 3 is 1.97 bits per heavy atom. The van der Waals surface area contributed by atoms with E-state index in [1.165, 1.54) is 43.0 Å². The third-order valence-electron chi connectivity index (χ3n) is 11.8. The van der Waals surface area contributed by atoms with E-state index in [9.17, 15) is 0 Å². The summed E-state index contributed by atoms with van der Waals surface area (Å²) in [5, 5.41) is 2.35. The van der Waals surface area contributed by atoms with E-state index in [1.54, 1.807) is 11.3 Å². The van der Waals surface area contributed by atoms with Gasteiger partial charge in [-0.3, -0.25) is 4.98 Å². The Kier molecular flexibility index (Phi) is 12.9. The fraction of sp³-hybridized carbons (Fsp3) is 0.190. The predicted molar refractivity (Wildman–Crippen MR) is 276 cm³/mol. The van der Waals surface area contributed by atoms with Crippen molar-refractivity contribution in [1.29, 1.82) is 0 Å². The van der Waals surface area contributed by atoms with Crippen LogP contribution in [0.2, 0.25) is 17.3 Å². The van der Waals surface area contributed by atoms with Gasteiger partial charge in [-0.2, -0.15) is 11.3 Å². The molecule has 4 aromatic heterocycles. The molecule has 4 heterocycles. The molecular weight excluding hydrogens is 1050 g/mol. The second-order valence-electron chi connectivity index (χ2n) is 18.8. The summed E-state index contributed by atoms with van der Waals surface area (Å²) in [6.45, 7) is 12.8. The van der Waals surface area contributed by atoms with Crippen LogP contribution in [0, 0.1) is 19.1 Å². The van der Waals surface area contributed by atoms with Crippen molar-refractivity contribution in [3.63, 3.8) is 0 Å². The van der Waals surface area contributed by atoms with Crippen LogP contribution in [0.4, 0.5) is 0 Å². The fourth-order valence-corrected chi connectivity index (χ4v) is 13.0. The average Bonchev–Trinajstić information content (AvgIpc) is 3.87. The van der Waals surface area contributed by atoms with Crippen LogP contribution >= 0.6 is 11.3 Å². The summed E-state index contributed by atoms with van der Waals surface area (Å²) in [7, 11) is 0. The van der Waals surface area contributed by atoms with Crippen LogP contribution in [0.1, 0.15) is 58.7 Å². The number of hydrogen-bond donors (Lipinski definition) is 0. The molecule has 0 spiro atoms. The summed E-state index contributed by atoms with van der Waals surface area (Å²) in [5.74, 6) is 7.32. The van der Waals surface area contributed by atoms with Gasteiger partial charge in [0.1, 0.15) is 4.83 Å². The molecule has 0 atom stereocenters. The Labute approximate surface area is 406 Å². The quantitative estimate of drug-likeness (QED) is 0.118. The van der Waals surface area contributed by atoms with Gasteiger partial charge >= 0.3 is 120 Å². The number of hydrogen-bond acceptors (Lipinski definition) is 4. The molecule has 0 aliphatic carbocycles. The molecule has 10 aromatic rings. The number of benzene rings is 6. The molecule has 327 valence electrons. The number of para-hydroxylation sites is 2. The van der Waals surface area contributed by atoms with Gasteiger partial charge in [0.2, 0.25) is 0 Å². The van der Waals surface area contributed by atoms with Crippen molar-refractivity contribution >= 4 is 60.3 Å². The Balaban J connectivity index is 0.000000238. The second kappa shape index (κ2) is 18.8. The minimum Gasteiger partial charge on any atom is 0 e. The zero-order chi connectivity index (χ0) is 45.7. The molecule has 10 rings (SSSR count). The number of nitrogens with zero attached hydrogens (tertiary/aromatic N) is 4. The minimum atomic E-state index is -2.03. The number of rotatable bonds is 7. The Morgan fingerprint density at radius 2 is 1.35 bits per heavy atom. The van der Waals surface area contributed by atoms with Crippen LogP contribution in [0.15, 0.2) is 158 Å². The van der Waals surface area contributed by atoms with Crippen molar-refractivity contribution in [3.05, 3.63) is 187 Å². The summed E-state index contributed by atoms with van der Waals surface area (Å²) in [5.41, 5.74) is 14.1. The first kappa shape index (κ1) is 44.7. The summed E-state index contributed by atoms with van der Waals surface area (Å²) < 4.78 is 13.3. The monoisotopic (exact) mass is 1110 g/mol. The van der Waals surface area contributed by atoms with Crippen molar-refractivity contribution in [2.75, 3.05) is 0 Å². The van der Waals surface area contributed by atoms with Crippen molar-refractivity contribution in [2.24, 2.45) is 0 Å². The smallest absolute Gasteiger partial charge is 0 e. The van der Waals surface area contributed by atoms with E-state index in [4.69, 9.17) is 11.3 Å². The zero-order valence-electron chi connectivity index (χ0n) is 39.5. The summed E-state index contributed by atoms with van der Waals surface area (Å²) in [6.07, 6.45) is 2.00. The Bertz CT molecular complexity index is 3260. The van der Waals surface area contributed by atoms with Gasteiger partial charge in [-0.05, 0) is 69.4 Å². The van der Waals surface area contributed by atoms with E-state index in [0.717, 1.165) is 60.2 Å². The molecule has 0 N–H and O–H groups in total. The van der Waals surface area contributed by atoms with E-state index in [2.05, 4.69) is 181 Å². The topological polar surface area (TPSA) is 43.6 Å². The molecule has 0 unspecified atom stereocenters. The van der Waals surface area contributed by atoms with Crippen LogP contribution in [-0.2, 0) is 25.5 Å². The maximum atomic E-state index is 8.44. The van der Waals surface area contributed by atoms with Gasteiger partial charge in [0.15, 0.2) is 0 Å². The first-order valence-corrected chi connectivity index (χ1v) is 30.2. The maximum absolute atomic E-state index is 8.44. The molecule has 0 saturated heterocycles. The van der Waals surface area contributed by atoms with Crippen molar-refractivity contribution in [1.82, 2.24) is 19.5 Å². The largest absolute Gasteiger partial charge is 0 e. The molecule has 1 radical (unpaired) electrons.